The standard InChI is InChI=1S/C23H25ClN4O4S2/c24-16-5-2-1-4-14(16)8-13-9-15(33-11-13)10-26-21(31)19(29)20(30)23(32)28-7-3-6-17(28)22-27-18(25)12-34-22/h1-2,4-5,9,11-12,17,19-20,29-30H,3,6-8,10,25H2,(H,26,31)/t17-,19-,20-/m1/s1. The first-order chi connectivity index (χ1) is 16.3. The highest BCUT2D eigenvalue weighted by Gasteiger charge is 2.39. The molecular formula is C23H25ClN4O4S2. The van der Waals surface area contributed by atoms with Crippen molar-refractivity contribution in [2.75, 3.05) is 12.3 Å². The molecule has 3 atom stereocenters. The Morgan fingerprint density at radius 2 is 2.03 bits per heavy atom. The summed E-state index contributed by atoms with van der Waals surface area (Å²) in [6.45, 7) is 0.590. The summed E-state index contributed by atoms with van der Waals surface area (Å²) >= 11 is 9.03. The number of thiophene rings is 1. The summed E-state index contributed by atoms with van der Waals surface area (Å²) in [5.74, 6) is -1.13. The zero-order valence-electron chi connectivity index (χ0n) is 18.2. The first kappa shape index (κ1) is 24.6. The van der Waals surface area contributed by atoms with Crippen molar-refractivity contribution >= 4 is 51.9 Å². The van der Waals surface area contributed by atoms with E-state index in [2.05, 4.69) is 10.3 Å². The van der Waals surface area contributed by atoms with Gasteiger partial charge in [-0.15, -0.1) is 22.7 Å². The van der Waals surface area contributed by atoms with Crippen LogP contribution in [0.2, 0.25) is 5.02 Å². The maximum atomic E-state index is 12.8. The first-order valence-corrected chi connectivity index (χ1v) is 12.9. The molecule has 3 aromatic rings. The predicted octanol–water partition coefficient (Wildman–Crippen LogP) is 2.73. The molecule has 1 fully saturated rings. The Labute approximate surface area is 210 Å². The number of thiazole rings is 1. The second-order valence-electron chi connectivity index (χ2n) is 8.10. The zero-order chi connectivity index (χ0) is 24.2. The van der Waals surface area contributed by atoms with Gasteiger partial charge in [-0.25, -0.2) is 4.98 Å². The molecule has 1 aromatic carbocycles. The average molecular weight is 521 g/mol. The Kier molecular flexibility index (Phi) is 7.84. The Bertz CT molecular complexity index is 1170. The third kappa shape index (κ3) is 5.59. The molecule has 0 bridgehead atoms. The molecule has 0 radical (unpaired) electrons. The van der Waals surface area contributed by atoms with Crippen LogP contribution in [0.25, 0.3) is 0 Å². The molecule has 3 heterocycles. The van der Waals surface area contributed by atoms with Crippen molar-refractivity contribution in [2.24, 2.45) is 0 Å². The highest BCUT2D eigenvalue weighted by Crippen LogP contribution is 2.34. The van der Waals surface area contributed by atoms with Crippen LogP contribution in [0, 0.1) is 0 Å². The van der Waals surface area contributed by atoms with Crippen molar-refractivity contribution in [3.05, 3.63) is 67.1 Å². The number of aromatic nitrogens is 1. The van der Waals surface area contributed by atoms with Crippen LogP contribution in [0.5, 0.6) is 0 Å². The second kappa shape index (κ2) is 10.8. The Balaban J connectivity index is 1.31. The summed E-state index contributed by atoms with van der Waals surface area (Å²) in [6, 6.07) is 9.25. The summed E-state index contributed by atoms with van der Waals surface area (Å²) in [7, 11) is 0. The molecule has 2 amide bonds. The molecule has 0 aliphatic carbocycles. The molecule has 5 N–H and O–H groups in total. The minimum atomic E-state index is -1.88. The fraction of sp³-hybridized carbons (Fsp3) is 0.348. The fourth-order valence-electron chi connectivity index (χ4n) is 3.94. The Morgan fingerprint density at radius 3 is 2.76 bits per heavy atom. The van der Waals surface area contributed by atoms with Gasteiger partial charge in [0.1, 0.15) is 10.8 Å². The van der Waals surface area contributed by atoms with Gasteiger partial charge in [-0.05, 0) is 47.9 Å². The van der Waals surface area contributed by atoms with Gasteiger partial charge in [0.05, 0.1) is 12.6 Å². The number of likely N-dealkylation sites (tertiary alicyclic amines) is 1. The summed E-state index contributed by atoms with van der Waals surface area (Å²) in [5, 5.41) is 28.4. The lowest BCUT2D eigenvalue weighted by Crippen LogP contribution is -2.50. The highest BCUT2D eigenvalue weighted by atomic mass is 35.5. The summed E-state index contributed by atoms with van der Waals surface area (Å²) in [6.07, 6.45) is -1.65. The van der Waals surface area contributed by atoms with E-state index in [1.54, 1.807) is 5.38 Å². The van der Waals surface area contributed by atoms with E-state index in [0.29, 0.717) is 35.2 Å². The number of nitrogens with two attached hydrogens (primary N) is 1. The normalized spacial score (nSPS) is 17.5. The number of halogens is 1. The number of aliphatic hydroxyl groups excluding tert-OH is 2. The second-order valence-corrected chi connectivity index (χ2v) is 10.4. The van der Waals surface area contributed by atoms with E-state index in [1.165, 1.54) is 27.6 Å². The van der Waals surface area contributed by atoms with Crippen molar-refractivity contribution in [1.29, 1.82) is 0 Å². The molecule has 4 rings (SSSR count). The van der Waals surface area contributed by atoms with E-state index in [9.17, 15) is 19.8 Å². The van der Waals surface area contributed by atoms with Crippen LogP contribution in [0.4, 0.5) is 5.82 Å². The van der Waals surface area contributed by atoms with E-state index in [0.717, 1.165) is 22.4 Å². The van der Waals surface area contributed by atoms with Crippen LogP contribution < -0.4 is 11.1 Å². The lowest BCUT2D eigenvalue weighted by atomic mass is 10.1. The van der Waals surface area contributed by atoms with Gasteiger partial charge in [0, 0.05) is 21.8 Å². The number of hydrogen-bond acceptors (Lipinski definition) is 8. The van der Waals surface area contributed by atoms with E-state index >= 15 is 0 Å². The van der Waals surface area contributed by atoms with Crippen LogP contribution in [0.15, 0.2) is 41.1 Å². The number of nitrogens with zero attached hydrogens (tertiary/aromatic N) is 2. The lowest BCUT2D eigenvalue weighted by Gasteiger charge is -2.27. The number of anilines is 1. The zero-order valence-corrected chi connectivity index (χ0v) is 20.6. The molecule has 0 spiro atoms. The van der Waals surface area contributed by atoms with E-state index < -0.39 is 24.0 Å². The van der Waals surface area contributed by atoms with Gasteiger partial charge in [-0.2, -0.15) is 0 Å². The number of nitrogens with one attached hydrogen (secondary N) is 1. The molecule has 34 heavy (non-hydrogen) atoms. The Hall–Kier alpha value is -2.50. The largest absolute Gasteiger partial charge is 0.383 e. The smallest absolute Gasteiger partial charge is 0.255 e. The average Bonchev–Trinajstić information content (AvgIpc) is 3.58. The number of carbonyl (C=O) groups is 2. The minimum Gasteiger partial charge on any atom is -0.383 e. The van der Waals surface area contributed by atoms with E-state index in [1.807, 2.05) is 35.7 Å². The SMILES string of the molecule is Nc1csc([C@H]2CCCN2C(=O)[C@H](O)[C@@H](O)C(=O)NCc2cc(Cc3ccccc3Cl)cs2)n1. The molecular weight excluding hydrogens is 496 g/mol. The molecule has 11 heteroatoms. The van der Waals surface area contributed by atoms with Crippen molar-refractivity contribution in [3.8, 4) is 0 Å². The van der Waals surface area contributed by atoms with Gasteiger partial charge in [0.2, 0.25) is 0 Å². The van der Waals surface area contributed by atoms with Gasteiger partial charge >= 0.3 is 0 Å². The molecule has 0 unspecified atom stereocenters. The monoisotopic (exact) mass is 520 g/mol. The third-order valence-corrected chi connectivity index (χ3v) is 8.00. The predicted molar refractivity (Wildman–Crippen MR) is 133 cm³/mol. The van der Waals surface area contributed by atoms with Gasteiger partial charge in [0.15, 0.2) is 12.2 Å². The molecule has 1 saturated heterocycles. The van der Waals surface area contributed by atoms with Crippen LogP contribution >= 0.6 is 34.3 Å². The van der Waals surface area contributed by atoms with E-state index in [4.69, 9.17) is 17.3 Å². The van der Waals surface area contributed by atoms with Gasteiger partial charge in [-0.3, -0.25) is 9.59 Å². The number of nitrogen functional groups attached to an aromatic ring is 1. The van der Waals surface area contributed by atoms with Crippen molar-refractivity contribution in [1.82, 2.24) is 15.2 Å². The van der Waals surface area contributed by atoms with Crippen molar-refractivity contribution in [3.63, 3.8) is 0 Å². The maximum Gasteiger partial charge on any atom is 0.255 e. The van der Waals surface area contributed by atoms with Crippen molar-refractivity contribution < 1.29 is 19.8 Å². The topological polar surface area (TPSA) is 129 Å². The first-order valence-electron chi connectivity index (χ1n) is 10.8. The van der Waals surface area contributed by atoms with Crippen LogP contribution in [-0.2, 0) is 22.6 Å². The Morgan fingerprint density at radius 1 is 1.24 bits per heavy atom. The fourth-order valence-corrected chi connectivity index (χ4v) is 5.83. The van der Waals surface area contributed by atoms with Gasteiger partial charge in [0.25, 0.3) is 11.8 Å². The third-order valence-electron chi connectivity index (χ3n) is 5.68. The van der Waals surface area contributed by atoms with Gasteiger partial charge < -0.3 is 26.2 Å². The van der Waals surface area contributed by atoms with Crippen molar-refractivity contribution in [2.45, 2.75) is 44.1 Å². The number of carbonyl (C=O) groups excluding carboxylic acids is 2. The molecule has 8 nitrogen and oxygen atoms in total. The number of rotatable bonds is 8. The van der Waals surface area contributed by atoms with Crippen LogP contribution in [-0.4, -0.2) is 50.7 Å². The number of amides is 2. The summed E-state index contributed by atoms with van der Waals surface area (Å²) in [4.78, 5) is 31.8. The molecule has 0 saturated carbocycles. The minimum absolute atomic E-state index is 0.175. The van der Waals surface area contributed by atoms with E-state index in [-0.39, 0.29) is 12.6 Å². The number of hydrogen-bond donors (Lipinski definition) is 4. The van der Waals surface area contributed by atoms with Crippen LogP contribution in [0.1, 0.15) is 39.9 Å². The number of benzene rings is 1. The molecule has 180 valence electrons. The lowest BCUT2D eigenvalue weighted by molar-refractivity contribution is -0.153. The summed E-state index contributed by atoms with van der Waals surface area (Å²) < 4.78 is 0. The maximum absolute atomic E-state index is 12.8. The summed E-state index contributed by atoms with van der Waals surface area (Å²) in [5.41, 5.74) is 7.76. The molecule has 1 aliphatic rings. The number of aliphatic hydroxyl groups is 2. The quantitative estimate of drug-likeness (QED) is 0.361. The highest BCUT2D eigenvalue weighted by molar-refractivity contribution is 7.10. The molecule has 1 aliphatic heterocycles. The van der Waals surface area contributed by atoms with Crippen LogP contribution in [0.3, 0.4) is 0 Å². The van der Waals surface area contributed by atoms with Gasteiger partial charge in [-0.1, -0.05) is 29.8 Å². The molecule has 2 aromatic heterocycles.